The van der Waals surface area contributed by atoms with Crippen molar-refractivity contribution in [3.05, 3.63) is 0 Å². The number of nitrogens with zero attached hydrogens (tertiary/aromatic N) is 2. The molecule has 1 unspecified atom stereocenters. The van der Waals surface area contributed by atoms with E-state index in [1.807, 2.05) is 27.0 Å². The summed E-state index contributed by atoms with van der Waals surface area (Å²) >= 11 is 0. The minimum absolute atomic E-state index is 0. The monoisotopic (exact) mass is 177 g/mol. The number of rotatable bonds is 4. The summed E-state index contributed by atoms with van der Waals surface area (Å²) in [6, 6.07) is 2.28. The largest absolute Gasteiger partial charge is 0.309 e. The van der Waals surface area contributed by atoms with E-state index in [0.29, 0.717) is 0 Å². The van der Waals surface area contributed by atoms with Crippen LogP contribution in [0.15, 0.2) is 4.99 Å². The molecule has 0 amide bonds. The van der Waals surface area contributed by atoms with E-state index in [-0.39, 0.29) is 18.4 Å². The van der Waals surface area contributed by atoms with Gasteiger partial charge >= 0.3 is 0 Å². The van der Waals surface area contributed by atoms with Gasteiger partial charge in [-0.3, -0.25) is 0 Å². The molecule has 0 bridgehead atoms. The molecule has 0 spiro atoms. The molecule has 0 radical (unpaired) electrons. The van der Waals surface area contributed by atoms with E-state index < -0.39 is 0 Å². The number of hydrogen-bond acceptors (Lipinski definition) is 3. The summed E-state index contributed by atoms with van der Waals surface area (Å²) in [4.78, 5) is 5.89. The first-order valence-corrected chi connectivity index (χ1v) is 3.43. The maximum atomic E-state index is 6.59. The molecule has 66 valence electrons. The van der Waals surface area contributed by atoms with Gasteiger partial charge in [-0.25, -0.2) is 10.4 Å². The molecule has 1 N–H and O–H groups in total. The lowest BCUT2D eigenvalue weighted by atomic mass is 10.2. The first-order valence-electron chi connectivity index (χ1n) is 3.43. The number of aliphatic imine (C=N–C) groups is 1. The average molecular weight is 178 g/mol. The van der Waals surface area contributed by atoms with Gasteiger partial charge in [0.2, 0.25) is 0 Å². The van der Waals surface area contributed by atoms with Crippen LogP contribution in [0.5, 0.6) is 0 Å². The van der Waals surface area contributed by atoms with Gasteiger partial charge in [-0.15, -0.1) is 12.4 Å². The molecule has 0 aliphatic carbocycles. The van der Waals surface area contributed by atoms with E-state index in [9.17, 15) is 0 Å². The summed E-state index contributed by atoms with van der Waals surface area (Å²) in [5.41, 5.74) is 0. The lowest BCUT2D eigenvalue weighted by molar-refractivity contribution is 0.386. The molecule has 4 heteroatoms. The molecule has 0 heterocycles. The average Bonchev–Trinajstić information content (AvgIpc) is 1.85. The van der Waals surface area contributed by atoms with E-state index in [1.165, 1.54) is 0 Å². The molecular formula is C7H16ClN3. The summed E-state index contributed by atoms with van der Waals surface area (Å²) in [5, 5.41) is 6.59. The van der Waals surface area contributed by atoms with Crippen molar-refractivity contribution in [2.24, 2.45) is 4.99 Å². The quantitative estimate of drug-likeness (QED) is 0.650. The Bertz CT molecular complexity index is 130. The smallest absolute Gasteiger partial charge is 0.0864 e. The fraction of sp³-hybridized carbons (Fsp3) is 0.857. The van der Waals surface area contributed by atoms with Crippen molar-refractivity contribution in [1.82, 2.24) is 4.90 Å². The fourth-order valence-electron chi connectivity index (χ4n) is 0.620. The van der Waals surface area contributed by atoms with Crippen LogP contribution in [0, 0.1) is 5.41 Å². The highest BCUT2D eigenvalue weighted by molar-refractivity contribution is 5.85. The highest BCUT2D eigenvalue weighted by atomic mass is 35.5. The SMILES string of the molecule is CC(CCN(C)C)N=C=N.Cl. The second kappa shape index (κ2) is 7.73. The number of halogens is 1. The summed E-state index contributed by atoms with van der Waals surface area (Å²) in [6.45, 7) is 3.01. The highest BCUT2D eigenvalue weighted by Crippen LogP contribution is 1.95. The van der Waals surface area contributed by atoms with E-state index in [2.05, 4.69) is 9.89 Å². The standard InChI is InChI=1S/C7H15N3.ClH/c1-7(9-6-8)4-5-10(2)3;/h7-8H,4-5H2,1-3H3;1H. The topological polar surface area (TPSA) is 39.5 Å². The van der Waals surface area contributed by atoms with Crippen LogP contribution in [0.2, 0.25) is 0 Å². The first kappa shape index (κ1) is 13.2. The predicted octanol–water partition coefficient (Wildman–Crippen LogP) is 1.50. The summed E-state index contributed by atoms with van der Waals surface area (Å²) in [7, 11) is 4.06. The molecule has 0 aromatic heterocycles. The van der Waals surface area contributed by atoms with Gasteiger partial charge in [-0.1, -0.05) is 0 Å². The van der Waals surface area contributed by atoms with Crippen LogP contribution < -0.4 is 0 Å². The zero-order valence-corrected chi connectivity index (χ0v) is 8.11. The molecule has 11 heavy (non-hydrogen) atoms. The maximum Gasteiger partial charge on any atom is 0.0864 e. The van der Waals surface area contributed by atoms with E-state index >= 15 is 0 Å². The van der Waals surface area contributed by atoms with Crippen molar-refractivity contribution < 1.29 is 0 Å². The Morgan fingerprint density at radius 1 is 1.55 bits per heavy atom. The lowest BCUT2D eigenvalue weighted by Crippen LogP contribution is -2.16. The molecule has 0 rings (SSSR count). The molecule has 1 atom stereocenters. The van der Waals surface area contributed by atoms with Crippen LogP contribution >= 0.6 is 12.4 Å². The van der Waals surface area contributed by atoms with Crippen molar-refractivity contribution in [2.45, 2.75) is 19.4 Å². The van der Waals surface area contributed by atoms with Crippen molar-refractivity contribution in [2.75, 3.05) is 20.6 Å². The fourth-order valence-corrected chi connectivity index (χ4v) is 0.620. The molecule has 0 aromatic rings. The lowest BCUT2D eigenvalue weighted by Gasteiger charge is -2.10. The Morgan fingerprint density at radius 2 is 2.09 bits per heavy atom. The Morgan fingerprint density at radius 3 is 2.45 bits per heavy atom. The summed E-state index contributed by atoms with van der Waals surface area (Å²) < 4.78 is 0. The minimum Gasteiger partial charge on any atom is -0.309 e. The van der Waals surface area contributed by atoms with Crippen LogP contribution in [0.25, 0.3) is 0 Å². The maximum absolute atomic E-state index is 6.59. The Kier molecular flexibility index (Phi) is 9.31. The van der Waals surface area contributed by atoms with Gasteiger partial charge in [0.1, 0.15) is 0 Å². The first-order chi connectivity index (χ1) is 4.66. The van der Waals surface area contributed by atoms with Gasteiger partial charge in [-0.2, -0.15) is 0 Å². The molecule has 0 saturated heterocycles. The third-order valence-corrected chi connectivity index (χ3v) is 1.28. The van der Waals surface area contributed by atoms with Crippen LogP contribution in [0.4, 0.5) is 0 Å². The molecule has 0 aromatic carbocycles. The van der Waals surface area contributed by atoms with E-state index in [1.54, 1.807) is 0 Å². The zero-order chi connectivity index (χ0) is 7.98. The molecule has 0 fully saturated rings. The van der Waals surface area contributed by atoms with Crippen molar-refractivity contribution >= 4 is 18.4 Å². The molecule has 0 saturated carbocycles. The second-order valence-corrected chi connectivity index (χ2v) is 2.68. The van der Waals surface area contributed by atoms with Crippen LogP contribution in [0.1, 0.15) is 13.3 Å². The summed E-state index contributed by atoms with van der Waals surface area (Å²) in [5.74, 6) is 0. The van der Waals surface area contributed by atoms with Gasteiger partial charge in [0.15, 0.2) is 0 Å². The van der Waals surface area contributed by atoms with Crippen LogP contribution in [-0.4, -0.2) is 37.6 Å². The molecule has 0 aliphatic heterocycles. The summed E-state index contributed by atoms with van der Waals surface area (Å²) in [6.07, 6.45) is 0.999. The molecule has 0 aliphatic rings. The van der Waals surface area contributed by atoms with Gasteiger partial charge in [0, 0.05) is 0 Å². The Hall–Kier alpha value is -0.370. The second-order valence-electron chi connectivity index (χ2n) is 2.68. The predicted molar refractivity (Wildman–Crippen MR) is 50.0 cm³/mol. The molecular weight excluding hydrogens is 162 g/mol. The van der Waals surface area contributed by atoms with Gasteiger partial charge in [0.25, 0.3) is 0 Å². The Labute approximate surface area is 74.4 Å². The van der Waals surface area contributed by atoms with E-state index in [0.717, 1.165) is 13.0 Å². The number of hydrogen-bond donors (Lipinski definition) is 1. The molecule has 3 nitrogen and oxygen atoms in total. The van der Waals surface area contributed by atoms with E-state index in [4.69, 9.17) is 5.41 Å². The zero-order valence-electron chi connectivity index (χ0n) is 7.29. The third kappa shape index (κ3) is 9.63. The highest BCUT2D eigenvalue weighted by Gasteiger charge is 1.97. The van der Waals surface area contributed by atoms with Gasteiger partial charge < -0.3 is 4.90 Å². The number of nitrogens with one attached hydrogen (secondary N) is 1. The van der Waals surface area contributed by atoms with Crippen LogP contribution in [0.3, 0.4) is 0 Å². The normalized spacial score (nSPS) is 11.6. The van der Waals surface area contributed by atoms with Crippen LogP contribution in [-0.2, 0) is 0 Å². The third-order valence-electron chi connectivity index (χ3n) is 1.28. The minimum atomic E-state index is 0. The van der Waals surface area contributed by atoms with Gasteiger partial charge in [-0.05, 0) is 34.0 Å². The Balaban J connectivity index is 0. The van der Waals surface area contributed by atoms with Crippen molar-refractivity contribution in [3.8, 4) is 0 Å². The van der Waals surface area contributed by atoms with Crippen molar-refractivity contribution in [1.29, 1.82) is 5.41 Å². The van der Waals surface area contributed by atoms with Gasteiger partial charge in [0.05, 0.1) is 12.1 Å². The van der Waals surface area contributed by atoms with Crippen molar-refractivity contribution in [3.63, 3.8) is 0 Å².